The van der Waals surface area contributed by atoms with Crippen LogP contribution in [0.3, 0.4) is 0 Å². The van der Waals surface area contributed by atoms with Crippen LogP contribution < -0.4 is 0 Å². The van der Waals surface area contributed by atoms with Gasteiger partial charge in [-0.25, -0.2) is 0 Å². The van der Waals surface area contributed by atoms with Gasteiger partial charge in [0, 0.05) is 6.07 Å². The van der Waals surface area contributed by atoms with Gasteiger partial charge in [0.2, 0.25) is 0 Å². The van der Waals surface area contributed by atoms with E-state index in [-0.39, 0.29) is 18.9 Å². The Bertz CT molecular complexity index is 368. The van der Waals surface area contributed by atoms with Crippen molar-refractivity contribution in [1.82, 2.24) is 0 Å². The van der Waals surface area contributed by atoms with Crippen LogP contribution in [0.1, 0.15) is 5.56 Å². The SMILES string of the molecule is C#CCOCc1ccccc1[N+](=O)[O-]. The van der Waals surface area contributed by atoms with E-state index in [4.69, 9.17) is 11.2 Å². The number of nitrogens with zero attached hydrogens (tertiary/aromatic N) is 1. The summed E-state index contributed by atoms with van der Waals surface area (Å²) in [6.07, 6.45) is 4.98. The van der Waals surface area contributed by atoms with Crippen molar-refractivity contribution in [3.8, 4) is 12.3 Å². The zero-order chi connectivity index (χ0) is 10.4. The lowest BCUT2D eigenvalue weighted by molar-refractivity contribution is -0.385. The van der Waals surface area contributed by atoms with Crippen molar-refractivity contribution in [2.24, 2.45) is 0 Å². The Kier molecular flexibility index (Phi) is 3.65. The summed E-state index contributed by atoms with van der Waals surface area (Å²) in [7, 11) is 0. The van der Waals surface area contributed by atoms with Crippen LogP contribution in [0.5, 0.6) is 0 Å². The second kappa shape index (κ2) is 5.00. The minimum atomic E-state index is -0.436. The van der Waals surface area contributed by atoms with E-state index in [9.17, 15) is 10.1 Å². The van der Waals surface area contributed by atoms with E-state index in [1.54, 1.807) is 18.2 Å². The summed E-state index contributed by atoms with van der Waals surface area (Å²) in [6, 6.07) is 6.42. The molecule has 0 aliphatic heterocycles. The van der Waals surface area contributed by atoms with Crippen LogP contribution in [0, 0.1) is 22.5 Å². The Morgan fingerprint density at radius 3 is 2.86 bits per heavy atom. The molecule has 0 fully saturated rings. The molecule has 0 atom stereocenters. The molecule has 4 heteroatoms. The summed E-state index contributed by atoms with van der Waals surface area (Å²) in [4.78, 5) is 10.1. The molecule has 0 aliphatic carbocycles. The normalized spacial score (nSPS) is 9.36. The largest absolute Gasteiger partial charge is 0.364 e. The highest BCUT2D eigenvalue weighted by atomic mass is 16.6. The van der Waals surface area contributed by atoms with Gasteiger partial charge in [0.15, 0.2) is 0 Å². The van der Waals surface area contributed by atoms with Crippen LogP contribution in [0.2, 0.25) is 0 Å². The van der Waals surface area contributed by atoms with Crippen LogP contribution in [-0.2, 0) is 11.3 Å². The first-order valence-corrected chi connectivity index (χ1v) is 3.99. The van der Waals surface area contributed by atoms with Crippen molar-refractivity contribution < 1.29 is 9.66 Å². The van der Waals surface area contributed by atoms with E-state index < -0.39 is 4.92 Å². The molecule has 4 nitrogen and oxygen atoms in total. The van der Waals surface area contributed by atoms with Gasteiger partial charge in [-0.15, -0.1) is 6.42 Å². The third kappa shape index (κ3) is 2.57. The van der Waals surface area contributed by atoms with Gasteiger partial charge in [0.05, 0.1) is 17.1 Å². The average molecular weight is 191 g/mol. The maximum absolute atomic E-state index is 10.6. The topological polar surface area (TPSA) is 52.4 Å². The maximum atomic E-state index is 10.6. The molecular weight excluding hydrogens is 182 g/mol. The van der Waals surface area contributed by atoms with E-state index in [2.05, 4.69) is 5.92 Å². The molecule has 0 heterocycles. The van der Waals surface area contributed by atoms with Crippen molar-refractivity contribution in [2.45, 2.75) is 6.61 Å². The summed E-state index contributed by atoms with van der Waals surface area (Å²) in [5, 5.41) is 10.6. The van der Waals surface area contributed by atoms with E-state index >= 15 is 0 Å². The number of rotatable bonds is 4. The lowest BCUT2D eigenvalue weighted by Gasteiger charge is -2.01. The molecule has 1 aromatic rings. The maximum Gasteiger partial charge on any atom is 0.274 e. The zero-order valence-electron chi connectivity index (χ0n) is 7.47. The fourth-order valence-corrected chi connectivity index (χ4v) is 1.03. The Balaban J connectivity index is 2.75. The lowest BCUT2D eigenvalue weighted by Crippen LogP contribution is -1.98. The fourth-order valence-electron chi connectivity index (χ4n) is 1.03. The Labute approximate surface area is 81.7 Å². The van der Waals surface area contributed by atoms with Crippen molar-refractivity contribution >= 4 is 5.69 Å². The quantitative estimate of drug-likeness (QED) is 0.315. The standard InChI is InChI=1S/C10H9NO3/c1-2-7-14-8-9-5-3-4-6-10(9)11(12)13/h1,3-6H,7-8H2. The monoisotopic (exact) mass is 191 g/mol. The van der Waals surface area contributed by atoms with Crippen molar-refractivity contribution in [3.05, 3.63) is 39.9 Å². The lowest BCUT2D eigenvalue weighted by atomic mass is 10.2. The average Bonchev–Trinajstić information content (AvgIpc) is 2.19. The molecule has 0 saturated heterocycles. The highest BCUT2D eigenvalue weighted by molar-refractivity contribution is 5.39. The molecule has 0 saturated carbocycles. The molecule has 0 N–H and O–H groups in total. The molecule has 0 bridgehead atoms. The Morgan fingerprint density at radius 2 is 2.21 bits per heavy atom. The summed E-state index contributed by atoms with van der Waals surface area (Å²) < 4.78 is 5.02. The Morgan fingerprint density at radius 1 is 1.50 bits per heavy atom. The summed E-state index contributed by atoms with van der Waals surface area (Å²) in [6.45, 7) is 0.327. The number of hydrogen-bond donors (Lipinski definition) is 0. The molecule has 0 spiro atoms. The highest BCUT2D eigenvalue weighted by Gasteiger charge is 2.11. The van der Waals surface area contributed by atoms with Crippen LogP contribution >= 0.6 is 0 Å². The summed E-state index contributed by atoms with van der Waals surface area (Å²) in [5.74, 6) is 2.29. The number of ether oxygens (including phenoxy) is 1. The van der Waals surface area contributed by atoms with Gasteiger partial charge in [-0.3, -0.25) is 10.1 Å². The van der Waals surface area contributed by atoms with Crippen LogP contribution in [0.25, 0.3) is 0 Å². The molecule has 0 aliphatic rings. The minimum absolute atomic E-state index is 0.0597. The molecule has 0 aromatic heterocycles. The first kappa shape index (κ1) is 10.2. The van der Waals surface area contributed by atoms with E-state index in [0.29, 0.717) is 5.56 Å². The predicted molar refractivity (Wildman–Crippen MR) is 51.6 cm³/mol. The van der Waals surface area contributed by atoms with Gasteiger partial charge in [0.1, 0.15) is 6.61 Å². The van der Waals surface area contributed by atoms with Gasteiger partial charge in [0.25, 0.3) is 5.69 Å². The fraction of sp³-hybridized carbons (Fsp3) is 0.200. The van der Waals surface area contributed by atoms with Gasteiger partial charge < -0.3 is 4.74 Å². The number of para-hydroxylation sites is 1. The molecule has 0 radical (unpaired) electrons. The Hall–Kier alpha value is -1.86. The number of nitro benzene ring substituents is 1. The first-order valence-electron chi connectivity index (χ1n) is 3.99. The number of nitro groups is 1. The summed E-state index contributed by atoms with van der Waals surface area (Å²) in [5.41, 5.74) is 0.595. The molecule has 1 rings (SSSR count). The summed E-state index contributed by atoms with van der Waals surface area (Å²) >= 11 is 0. The van der Waals surface area contributed by atoms with E-state index in [0.717, 1.165) is 0 Å². The molecule has 72 valence electrons. The third-order valence-corrected chi connectivity index (χ3v) is 1.63. The van der Waals surface area contributed by atoms with Gasteiger partial charge >= 0.3 is 0 Å². The highest BCUT2D eigenvalue weighted by Crippen LogP contribution is 2.17. The van der Waals surface area contributed by atoms with Crippen LogP contribution in [0.15, 0.2) is 24.3 Å². The predicted octanol–water partition coefficient (Wildman–Crippen LogP) is 1.74. The van der Waals surface area contributed by atoms with E-state index in [1.165, 1.54) is 6.07 Å². The van der Waals surface area contributed by atoms with Gasteiger partial charge in [-0.05, 0) is 6.07 Å². The van der Waals surface area contributed by atoms with Crippen molar-refractivity contribution in [1.29, 1.82) is 0 Å². The second-order valence-electron chi connectivity index (χ2n) is 2.58. The molecule has 1 aromatic carbocycles. The van der Waals surface area contributed by atoms with Crippen molar-refractivity contribution in [3.63, 3.8) is 0 Å². The number of benzene rings is 1. The third-order valence-electron chi connectivity index (χ3n) is 1.63. The minimum Gasteiger partial charge on any atom is -0.364 e. The molecule has 0 amide bonds. The van der Waals surface area contributed by atoms with Crippen LogP contribution in [0.4, 0.5) is 5.69 Å². The molecule has 0 unspecified atom stereocenters. The number of hydrogen-bond acceptors (Lipinski definition) is 3. The number of terminal acetylenes is 1. The van der Waals surface area contributed by atoms with Gasteiger partial charge in [-0.2, -0.15) is 0 Å². The second-order valence-corrected chi connectivity index (χ2v) is 2.58. The van der Waals surface area contributed by atoms with Gasteiger partial charge in [-0.1, -0.05) is 18.1 Å². The van der Waals surface area contributed by atoms with E-state index in [1.807, 2.05) is 0 Å². The molecule has 14 heavy (non-hydrogen) atoms. The molecular formula is C10H9NO3. The smallest absolute Gasteiger partial charge is 0.274 e. The van der Waals surface area contributed by atoms with Crippen LogP contribution in [-0.4, -0.2) is 11.5 Å². The first-order chi connectivity index (χ1) is 6.75. The zero-order valence-corrected chi connectivity index (χ0v) is 7.47. The van der Waals surface area contributed by atoms with Crippen molar-refractivity contribution in [2.75, 3.05) is 6.61 Å².